The van der Waals surface area contributed by atoms with E-state index in [4.69, 9.17) is 0 Å². The molecule has 0 aromatic heterocycles. The molecule has 1 unspecified atom stereocenters. The van der Waals surface area contributed by atoms with E-state index in [1.807, 2.05) is 23.1 Å². The quantitative estimate of drug-likeness (QED) is 0.436. The van der Waals surface area contributed by atoms with Crippen molar-refractivity contribution in [2.24, 2.45) is 0 Å². The van der Waals surface area contributed by atoms with E-state index >= 15 is 0 Å². The van der Waals surface area contributed by atoms with Crippen LogP contribution in [-0.4, -0.2) is 66.5 Å². The Hall–Kier alpha value is -2.78. The van der Waals surface area contributed by atoms with E-state index in [9.17, 15) is 22.8 Å². The zero-order valence-electron chi connectivity index (χ0n) is 20.6. The van der Waals surface area contributed by atoms with Gasteiger partial charge in [0.1, 0.15) is 5.54 Å². The molecule has 1 N–H and O–H groups in total. The summed E-state index contributed by atoms with van der Waals surface area (Å²) in [7, 11) is 0. The normalized spacial score (nSPS) is 22.1. The number of urea groups is 1. The van der Waals surface area contributed by atoms with Crippen LogP contribution in [0.5, 0.6) is 0 Å². The average Bonchev–Trinajstić information content (AvgIpc) is 3.10. The minimum atomic E-state index is -4.34. The van der Waals surface area contributed by atoms with Crippen LogP contribution in [-0.2, 0) is 23.8 Å². The Morgan fingerprint density at radius 2 is 1.59 bits per heavy atom. The largest absolute Gasteiger partial charge is 0.416 e. The number of imide groups is 1. The maximum absolute atomic E-state index is 13.2. The maximum atomic E-state index is 13.2. The molecular formula is C27H32ClF3N4O2. The summed E-state index contributed by atoms with van der Waals surface area (Å²) in [5.74, 6) is -0.114. The Kier molecular flexibility index (Phi) is 8.04. The van der Waals surface area contributed by atoms with Crippen LogP contribution < -0.4 is 10.2 Å². The molecular weight excluding hydrogens is 505 g/mol. The van der Waals surface area contributed by atoms with Gasteiger partial charge in [0.05, 0.1) is 5.56 Å². The van der Waals surface area contributed by atoms with Crippen molar-refractivity contribution in [3.05, 3.63) is 65.2 Å². The van der Waals surface area contributed by atoms with Crippen LogP contribution in [0.15, 0.2) is 48.5 Å². The molecule has 5 rings (SSSR count). The van der Waals surface area contributed by atoms with Gasteiger partial charge in [-0.2, -0.15) is 13.2 Å². The highest BCUT2D eigenvalue weighted by Crippen LogP contribution is 2.34. The first kappa shape index (κ1) is 27.3. The fraction of sp³-hybridized carbons (Fsp3) is 0.481. The molecule has 0 saturated carbocycles. The topological polar surface area (TPSA) is 55.9 Å². The molecule has 200 valence electrons. The zero-order valence-corrected chi connectivity index (χ0v) is 21.4. The van der Waals surface area contributed by atoms with Crippen molar-refractivity contribution in [3.8, 4) is 0 Å². The van der Waals surface area contributed by atoms with Crippen molar-refractivity contribution in [2.75, 3.05) is 44.2 Å². The van der Waals surface area contributed by atoms with Gasteiger partial charge in [-0.1, -0.05) is 30.3 Å². The summed E-state index contributed by atoms with van der Waals surface area (Å²) in [6.07, 6.45) is -0.827. The molecule has 1 spiro atoms. The zero-order chi connectivity index (χ0) is 25.3. The average molecular weight is 537 g/mol. The van der Waals surface area contributed by atoms with Gasteiger partial charge >= 0.3 is 12.2 Å². The smallest absolute Gasteiger partial charge is 0.369 e. The number of fused-ring (bicyclic) bond motifs is 1. The minimum Gasteiger partial charge on any atom is -0.369 e. The number of carbonyl (C=O) groups is 2. The number of hydrogen-bond donors (Lipinski definition) is 1. The number of alkyl halides is 3. The second kappa shape index (κ2) is 10.9. The molecule has 3 amide bonds. The summed E-state index contributed by atoms with van der Waals surface area (Å²) in [4.78, 5) is 31.5. The van der Waals surface area contributed by atoms with Crippen molar-refractivity contribution in [1.82, 2.24) is 15.1 Å². The molecule has 10 heteroatoms. The number of halogens is 4. The number of nitrogens with zero attached hydrogens (tertiary/aromatic N) is 3. The third-order valence-electron chi connectivity index (χ3n) is 7.69. The van der Waals surface area contributed by atoms with Crippen molar-refractivity contribution >= 4 is 30.0 Å². The van der Waals surface area contributed by atoms with Crippen molar-refractivity contribution in [3.63, 3.8) is 0 Å². The number of amides is 3. The number of carbonyl (C=O) groups excluding carboxylic acids is 2. The number of nitrogens with one attached hydrogen (secondary N) is 1. The number of unbranched alkanes of at least 4 members (excludes halogenated alkanes) is 1. The Morgan fingerprint density at radius 3 is 2.32 bits per heavy atom. The Bertz CT molecular complexity index is 1140. The standard InChI is InChI=1S/C27H31F3N4O2.ClH/c28-27(29,30)22-8-5-9-23(18-22)33-16-14-32(15-17-33)12-3-4-13-34-24(35)26(31-25(34)36)11-10-20-6-1-2-7-21(20)19-26;/h1-2,5-9,18H,3-4,10-17,19H2,(H,31,36);1H. The van der Waals surface area contributed by atoms with Crippen molar-refractivity contribution in [1.29, 1.82) is 0 Å². The summed E-state index contributed by atoms with van der Waals surface area (Å²) in [5.41, 5.74) is 1.54. The second-order valence-electron chi connectivity index (χ2n) is 10.00. The van der Waals surface area contributed by atoms with Gasteiger partial charge in [0.25, 0.3) is 5.91 Å². The van der Waals surface area contributed by atoms with Gasteiger partial charge in [-0.15, -0.1) is 12.4 Å². The Balaban J connectivity index is 0.00000320. The SMILES string of the molecule is Cl.O=C1NC2(CCc3ccccc3C2)C(=O)N1CCCCN1CCN(c2cccc(C(F)(F)F)c2)CC1. The molecule has 2 fully saturated rings. The van der Waals surface area contributed by atoms with E-state index in [-0.39, 0.29) is 24.3 Å². The molecule has 6 nitrogen and oxygen atoms in total. The van der Waals surface area contributed by atoms with E-state index in [1.165, 1.54) is 22.6 Å². The monoisotopic (exact) mass is 536 g/mol. The van der Waals surface area contributed by atoms with Gasteiger partial charge < -0.3 is 10.2 Å². The number of aryl methyl sites for hydroxylation is 1. The third kappa shape index (κ3) is 5.72. The number of rotatable bonds is 6. The van der Waals surface area contributed by atoms with Crippen LogP contribution >= 0.6 is 12.4 Å². The summed E-state index contributed by atoms with van der Waals surface area (Å²) in [6.45, 7) is 4.09. The third-order valence-corrected chi connectivity index (χ3v) is 7.69. The lowest BCUT2D eigenvalue weighted by Gasteiger charge is -2.36. The number of anilines is 1. The molecule has 1 atom stereocenters. The van der Waals surface area contributed by atoms with Gasteiger partial charge in [-0.25, -0.2) is 4.79 Å². The lowest BCUT2D eigenvalue weighted by atomic mass is 9.78. The number of piperazine rings is 1. The van der Waals surface area contributed by atoms with Crippen LogP contribution in [0.3, 0.4) is 0 Å². The predicted octanol–water partition coefficient (Wildman–Crippen LogP) is 4.51. The molecule has 1 aliphatic carbocycles. The van der Waals surface area contributed by atoms with Crippen LogP contribution in [0.4, 0.5) is 23.7 Å². The molecule has 37 heavy (non-hydrogen) atoms. The van der Waals surface area contributed by atoms with E-state index < -0.39 is 17.3 Å². The molecule has 2 aromatic rings. The lowest BCUT2D eigenvalue weighted by molar-refractivity contribution is -0.137. The fourth-order valence-electron chi connectivity index (χ4n) is 5.62. The highest BCUT2D eigenvalue weighted by Gasteiger charge is 2.51. The first-order valence-corrected chi connectivity index (χ1v) is 12.6. The van der Waals surface area contributed by atoms with E-state index in [0.29, 0.717) is 38.2 Å². The van der Waals surface area contributed by atoms with Gasteiger partial charge in [0, 0.05) is 44.8 Å². The first-order valence-electron chi connectivity index (χ1n) is 12.6. The van der Waals surface area contributed by atoms with Gasteiger partial charge in [-0.05, 0) is 61.6 Å². The highest BCUT2D eigenvalue weighted by atomic mass is 35.5. The van der Waals surface area contributed by atoms with Crippen molar-refractivity contribution < 1.29 is 22.8 Å². The molecule has 0 bridgehead atoms. The van der Waals surface area contributed by atoms with Gasteiger partial charge in [0.15, 0.2) is 0 Å². The molecule has 2 aromatic carbocycles. The van der Waals surface area contributed by atoms with E-state index in [2.05, 4.69) is 16.3 Å². The highest BCUT2D eigenvalue weighted by molar-refractivity contribution is 6.07. The fourth-order valence-corrected chi connectivity index (χ4v) is 5.62. The molecule has 2 aliphatic heterocycles. The van der Waals surface area contributed by atoms with E-state index in [0.717, 1.165) is 50.5 Å². The van der Waals surface area contributed by atoms with Crippen LogP contribution in [0.1, 0.15) is 36.0 Å². The Labute approximate surface area is 221 Å². The summed E-state index contributed by atoms with van der Waals surface area (Å²) >= 11 is 0. The minimum absolute atomic E-state index is 0. The number of benzene rings is 2. The summed E-state index contributed by atoms with van der Waals surface area (Å²) in [6, 6.07) is 13.3. The predicted molar refractivity (Wildman–Crippen MR) is 138 cm³/mol. The molecule has 3 aliphatic rings. The van der Waals surface area contributed by atoms with Crippen molar-refractivity contribution in [2.45, 2.75) is 43.8 Å². The van der Waals surface area contributed by atoms with Crippen LogP contribution in [0.2, 0.25) is 0 Å². The molecule has 2 saturated heterocycles. The molecule has 0 radical (unpaired) electrons. The lowest BCUT2D eigenvalue weighted by Crippen LogP contribution is -2.51. The second-order valence-corrected chi connectivity index (χ2v) is 10.00. The van der Waals surface area contributed by atoms with Gasteiger partial charge in [-0.3, -0.25) is 14.6 Å². The van der Waals surface area contributed by atoms with Crippen LogP contribution in [0.25, 0.3) is 0 Å². The number of hydrogen-bond acceptors (Lipinski definition) is 4. The Morgan fingerprint density at radius 1 is 0.892 bits per heavy atom. The van der Waals surface area contributed by atoms with Gasteiger partial charge in [0.2, 0.25) is 0 Å². The molecule has 2 heterocycles. The first-order chi connectivity index (χ1) is 17.2. The van der Waals surface area contributed by atoms with E-state index in [1.54, 1.807) is 6.07 Å². The summed E-state index contributed by atoms with van der Waals surface area (Å²) < 4.78 is 39.1. The summed E-state index contributed by atoms with van der Waals surface area (Å²) in [5, 5.41) is 2.99. The van der Waals surface area contributed by atoms with Crippen LogP contribution in [0, 0.1) is 0 Å². The maximum Gasteiger partial charge on any atom is 0.416 e.